The van der Waals surface area contributed by atoms with Crippen LogP contribution in [0.3, 0.4) is 0 Å². The summed E-state index contributed by atoms with van der Waals surface area (Å²) in [6.07, 6.45) is 1.46. The van der Waals surface area contributed by atoms with Gasteiger partial charge in [-0.25, -0.2) is 8.42 Å². The Morgan fingerprint density at radius 1 is 1.00 bits per heavy atom. The van der Waals surface area contributed by atoms with Gasteiger partial charge in [0.05, 0.1) is 22.6 Å². The molecule has 0 atom stereocenters. The van der Waals surface area contributed by atoms with Crippen LogP contribution in [0.25, 0.3) is 0 Å². The summed E-state index contributed by atoms with van der Waals surface area (Å²) in [5, 5.41) is 3.07. The zero-order valence-electron chi connectivity index (χ0n) is 17.0. The second-order valence-electron chi connectivity index (χ2n) is 6.78. The van der Waals surface area contributed by atoms with E-state index >= 15 is 0 Å². The van der Waals surface area contributed by atoms with Gasteiger partial charge in [0.25, 0.3) is 15.9 Å². The third kappa shape index (κ3) is 5.99. The average Bonchev–Trinajstić information content (AvgIpc) is 2.78. The molecule has 2 N–H and O–H groups in total. The summed E-state index contributed by atoms with van der Waals surface area (Å²) < 4.78 is 32.8. The van der Waals surface area contributed by atoms with E-state index in [1.54, 1.807) is 25.3 Å². The first kappa shape index (κ1) is 22.7. The Hall–Kier alpha value is -3.03. The number of para-hydroxylation sites is 1. The summed E-state index contributed by atoms with van der Waals surface area (Å²) in [5.74, 6) is 0.445. The molecule has 0 radical (unpaired) electrons. The van der Waals surface area contributed by atoms with Crippen molar-refractivity contribution in [2.24, 2.45) is 0 Å². The minimum atomic E-state index is -3.76. The normalized spacial score (nSPS) is 11.0. The molecule has 0 aliphatic rings. The molecule has 0 fully saturated rings. The van der Waals surface area contributed by atoms with E-state index in [4.69, 9.17) is 16.3 Å². The number of ether oxygens (including phenoxy) is 1. The summed E-state index contributed by atoms with van der Waals surface area (Å²) in [6, 6.07) is 20.2. The molecular weight excluding hydrogens is 436 g/mol. The van der Waals surface area contributed by atoms with Gasteiger partial charge in [0.1, 0.15) is 5.75 Å². The first-order chi connectivity index (χ1) is 14.9. The largest absolute Gasteiger partial charge is 0.496 e. The van der Waals surface area contributed by atoms with Gasteiger partial charge in [-0.15, -0.1) is 0 Å². The minimum absolute atomic E-state index is 0.132. The third-order valence-electron chi connectivity index (χ3n) is 4.62. The first-order valence-corrected chi connectivity index (χ1v) is 11.5. The SMILES string of the molecule is COc1ccccc1CCCNC(=O)c1cc(NS(=O)(=O)c2ccccc2)ccc1Cl. The highest BCUT2D eigenvalue weighted by molar-refractivity contribution is 7.92. The molecular formula is C23H23ClN2O4S. The van der Waals surface area contributed by atoms with Gasteiger partial charge in [0.2, 0.25) is 0 Å². The number of sulfonamides is 1. The van der Waals surface area contributed by atoms with Crippen LogP contribution in [-0.2, 0) is 16.4 Å². The highest BCUT2D eigenvalue weighted by Gasteiger charge is 2.16. The fraction of sp³-hybridized carbons (Fsp3) is 0.174. The van der Waals surface area contributed by atoms with Crippen molar-refractivity contribution in [2.45, 2.75) is 17.7 Å². The van der Waals surface area contributed by atoms with Crippen LogP contribution in [0.15, 0.2) is 77.7 Å². The van der Waals surface area contributed by atoms with Crippen LogP contribution < -0.4 is 14.8 Å². The molecule has 6 nitrogen and oxygen atoms in total. The molecule has 31 heavy (non-hydrogen) atoms. The molecule has 0 saturated heterocycles. The molecule has 0 unspecified atom stereocenters. The van der Waals surface area contributed by atoms with Gasteiger partial charge in [-0.2, -0.15) is 0 Å². The molecule has 0 heterocycles. The number of hydrogen-bond acceptors (Lipinski definition) is 4. The van der Waals surface area contributed by atoms with E-state index in [2.05, 4.69) is 10.0 Å². The predicted molar refractivity (Wildman–Crippen MR) is 122 cm³/mol. The number of methoxy groups -OCH3 is 1. The molecule has 162 valence electrons. The van der Waals surface area contributed by atoms with Crippen LogP contribution in [0, 0.1) is 0 Å². The van der Waals surface area contributed by atoms with Gasteiger partial charge < -0.3 is 10.1 Å². The van der Waals surface area contributed by atoms with Crippen molar-refractivity contribution in [2.75, 3.05) is 18.4 Å². The molecule has 3 rings (SSSR count). The van der Waals surface area contributed by atoms with Crippen molar-refractivity contribution in [1.29, 1.82) is 0 Å². The average molecular weight is 459 g/mol. The van der Waals surface area contributed by atoms with E-state index in [1.807, 2.05) is 24.3 Å². The zero-order valence-corrected chi connectivity index (χ0v) is 18.5. The maximum atomic E-state index is 12.6. The molecule has 1 amide bonds. The Kier molecular flexibility index (Phi) is 7.55. The van der Waals surface area contributed by atoms with Crippen LogP contribution in [0.1, 0.15) is 22.3 Å². The van der Waals surface area contributed by atoms with Crippen molar-refractivity contribution in [3.8, 4) is 5.75 Å². The summed E-state index contributed by atoms with van der Waals surface area (Å²) in [4.78, 5) is 12.7. The Balaban J connectivity index is 1.62. The van der Waals surface area contributed by atoms with Crippen molar-refractivity contribution in [1.82, 2.24) is 5.32 Å². The van der Waals surface area contributed by atoms with Crippen molar-refractivity contribution >= 4 is 33.2 Å². The highest BCUT2D eigenvalue weighted by Crippen LogP contribution is 2.23. The van der Waals surface area contributed by atoms with Gasteiger partial charge in [0.15, 0.2) is 0 Å². The third-order valence-corrected chi connectivity index (χ3v) is 6.34. The van der Waals surface area contributed by atoms with Crippen LogP contribution in [0.5, 0.6) is 5.75 Å². The number of aryl methyl sites for hydroxylation is 1. The summed E-state index contributed by atoms with van der Waals surface area (Å²) in [6.45, 7) is 0.438. The Morgan fingerprint density at radius 2 is 1.71 bits per heavy atom. The van der Waals surface area contributed by atoms with Gasteiger partial charge in [-0.3, -0.25) is 9.52 Å². The number of carbonyl (C=O) groups excluding carboxylic acids is 1. The summed E-state index contributed by atoms with van der Waals surface area (Å²) in [5.41, 5.74) is 1.52. The molecule has 3 aromatic carbocycles. The standard InChI is InChI=1S/C23H23ClN2O4S/c1-30-22-12-6-5-8-17(22)9-7-15-25-23(27)20-16-18(13-14-21(20)24)26-31(28,29)19-10-3-2-4-11-19/h2-6,8,10-14,16,26H,7,9,15H2,1H3,(H,25,27). The maximum Gasteiger partial charge on any atom is 0.261 e. The van der Waals surface area contributed by atoms with E-state index in [1.165, 1.54) is 30.3 Å². The first-order valence-electron chi connectivity index (χ1n) is 9.68. The number of benzene rings is 3. The second kappa shape index (κ2) is 10.3. The molecule has 0 spiro atoms. The quantitative estimate of drug-likeness (QED) is 0.462. The van der Waals surface area contributed by atoms with Crippen LogP contribution in [0.2, 0.25) is 5.02 Å². The van der Waals surface area contributed by atoms with E-state index in [0.717, 1.165) is 17.7 Å². The number of anilines is 1. The lowest BCUT2D eigenvalue weighted by Gasteiger charge is -2.12. The predicted octanol–water partition coefficient (Wildman–Crippen LogP) is 4.51. The summed E-state index contributed by atoms with van der Waals surface area (Å²) >= 11 is 6.17. The monoisotopic (exact) mass is 458 g/mol. The van der Waals surface area contributed by atoms with E-state index in [0.29, 0.717) is 13.0 Å². The van der Waals surface area contributed by atoms with Crippen LogP contribution in [-0.4, -0.2) is 28.0 Å². The molecule has 0 aliphatic carbocycles. The number of nitrogens with one attached hydrogen (secondary N) is 2. The number of carbonyl (C=O) groups is 1. The van der Waals surface area contributed by atoms with Crippen LogP contribution in [0.4, 0.5) is 5.69 Å². The maximum absolute atomic E-state index is 12.6. The summed E-state index contributed by atoms with van der Waals surface area (Å²) in [7, 11) is -2.14. The molecule has 0 saturated carbocycles. The van der Waals surface area contributed by atoms with Gasteiger partial charge >= 0.3 is 0 Å². The van der Waals surface area contributed by atoms with E-state index < -0.39 is 10.0 Å². The van der Waals surface area contributed by atoms with Gasteiger partial charge in [-0.1, -0.05) is 48.0 Å². The molecule has 3 aromatic rings. The Morgan fingerprint density at radius 3 is 2.45 bits per heavy atom. The number of hydrogen-bond donors (Lipinski definition) is 2. The lowest BCUT2D eigenvalue weighted by atomic mass is 10.1. The lowest BCUT2D eigenvalue weighted by Crippen LogP contribution is -2.25. The number of rotatable bonds is 9. The van der Waals surface area contributed by atoms with Gasteiger partial charge in [-0.05, 0) is 54.8 Å². The molecule has 0 aromatic heterocycles. The minimum Gasteiger partial charge on any atom is -0.496 e. The topological polar surface area (TPSA) is 84.5 Å². The smallest absolute Gasteiger partial charge is 0.261 e. The lowest BCUT2D eigenvalue weighted by molar-refractivity contribution is 0.0953. The molecule has 0 bridgehead atoms. The fourth-order valence-electron chi connectivity index (χ4n) is 3.06. The number of amides is 1. The highest BCUT2D eigenvalue weighted by atomic mass is 35.5. The molecule has 8 heteroatoms. The van der Waals surface area contributed by atoms with Crippen LogP contribution >= 0.6 is 11.6 Å². The van der Waals surface area contributed by atoms with E-state index in [-0.39, 0.29) is 27.1 Å². The Bertz CT molecular complexity index is 1150. The van der Waals surface area contributed by atoms with Crippen molar-refractivity contribution in [3.63, 3.8) is 0 Å². The zero-order chi connectivity index (χ0) is 22.3. The fourth-order valence-corrected chi connectivity index (χ4v) is 4.34. The molecule has 0 aliphatic heterocycles. The number of halogens is 1. The van der Waals surface area contributed by atoms with Gasteiger partial charge in [0, 0.05) is 12.2 Å². The van der Waals surface area contributed by atoms with Crippen molar-refractivity contribution in [3.05, 3.63) is 88.9 Å². The Labute approximate surface area is 187 Å². The second-order valence-corrected chi connectivity index (χ2v) is 8.87. The van der Waals surface area contributed by atoms with E-state index in [9.17, 15) is 13.2 Å². The van der Waals surface area contributed by atoms with Crippen molar-refractivity contribution < 1.29 is 17.9 Å².